The van der Waals surface area contributed by atoms with E-state index in [2.05, 4.69) is 4.98 Å². The average molecular weight is 138 g/mol. The predicted molar refractivity (Wildman–Crippen MR) is 34.8 cm³/mol. The molecule has 1 N–H and O–H groups in total. The Kier molecular flexibility index (Phi) is 1.84. The van der Waals surface area contributed by atoms with E-state index in [-0.39, 0.29) is 4.90 Å². The Labute approximate surface area is 57.6 Å². The smallest absolute Gasteiger partial charge is 0.241 e. The van der Waals surface area contributed by atoms with Crippen molar-refractivity contribution in [2.45, 2.75) is 0 Å². The van der Waals surface area contributed by atoms with E-state index in [9.17, 15) is 5.21 Å². The first-order valence-electron chi connectivity index (χ1n) is 2.69. The first kappa shape index (κ1) is 6.54. The summed E-state index contributed by atoms with van der Waals surface area (Å²) in [6.45, 7) is 0. The van der Waals surface area contributed by atoms with E-state index in [4.69, 9.17) is 5.21 Å². The summed E-state index contributed by atoms with van der Waals surface area (Å²) in [4.78, 5) is 3.48. The van der Waals surface area contributed by atoms with Crippen molar-refractivity contribution >= 4 is 6.21 Å². The maximum atomic E-state index is 10.0. The number of nitrogens with zero attached hydrogens (tertiary/aromatic N) is 2. The molecule has 0 radical (unpaired) electrons. The van der Waals surface area contributed by atoms with Gasteiger partial charge in [-0.2, -0.15) is 0 Å². The standard InChI is InChI=1S/C6H6N2O2/c9-8(10)5-6-2-1-3-7-4-6/h1-5H,(H,9,10). The highest BCUT2D eigenvalue weighted by molar-refractivity contribution is 5.74. The van der Waals surface area contributed by atoms with E-state index < -0.39 is 0 Å². The third-order valence-electron chi connectivity index (χ3n) is 0.944. The Morgan fingerprint density at radius 2 is 2.50 bits per heavy atom. The zero-order valence-electron chi connectivity index (χ0n) is 5.14. The van der Waals surface area contributed by atoms with Crippen molar-refractivity contribution in [3.8, 4) is 0 Å². The van der Waals surface area contributed by atoms with E-state index in [0.29, 0.717) is 5.56 Å². The van der Waals surface area contributed by atoms with Gasteiger partial charge in [0.25, 0.3) is 0 Å². The molecule has 0 aromatic carbocycles. The molecule has 0 aliphatic rings. The van der Waals surface area contributed by atoms with Crippen LogP contribution in [-0.4, -0.2) is 21.3 Å². The number of hydrogen-bond acceptors (Lipinski definition) is 3. The van der Waals surface area contributed by atoms with E-state index in [1.54, 1.807) is 18.3 Å². The highest BCUT2D eigenvalue weighted by atomic mass is 16.8. The fraction of sp³-hybridized carbons (Fsp3) is 0. The average Bonchev–Trinajstić information content (AvgIpc) is 1.88. The van der Waals surface area contributed by atoms with E-state index in [0.717, 1.165) is 6.21 Å². The Bertz CT molecular complexity index is 229. The third kappa shape index (κ3) is 1.74. The van der Waals surface area contributed by atoms with E-state index >= 15 is 0 Å². The minimum absolute atomic E-state index is 0.253. The van der Waals surface area contributed by atoms with Gasteiger partial charge >= 0.3 is 0 Å². The first-order chi connectivity index (χ1) is 4.79. The van der Waals surface area contributed by atoms with Crippen LogP contribution in [0.2, 0.25) is 0 Å². The second-order valence-electron chi connectivity index (χ2n) is 1.72. The van der Waals surface area contributed by atoms with Crippen molar-refractivity contribution in [2.75, 3.05) is 0 Å². The molecule has 0 fully saturated rings. The van der Waals surface area contributed by atoms with Crippen LogP contribution in [0, 0.1) is 5.21 Å². The number of pyridine rings is 1. The maximum absolute atomic E-state index is 10.0. The van der Waals surface area contributed by atoms with Gasteiger partial charge in [-0.25, -0.2) is 0 Å². The summed E-state index contributed by atoms with van der Waals surface area (Å²) in [7, 11) is 0. The van der Waals surface area contributed by atoms with Gasteiger partial charge in [-0.1, -0.05) is 0 Å². The summed E-state index contributed by atoms with van der Waals surface area (Å²) in [5.41, 5.74) is 0.569. The molecule has 0 aliphatic heterocycles. The summed E-state index contributed by atoms with van der Waals surface area (Å²) in [5.74, 6) is 0. The predicted octanol–water partition coefficient (Wildman–Crippen LogP) is 0.400. The SMILES string of the molecule is [O-]/[N+](O)=C\c1cccnc1. The molecule has 0 saturated heterocycles. The van der Waals surface area contributed by atoms with Crippen molar-refractivity contribution in [1.82, 2.24) is 4.98 Å². The molecule has 1 rings (SSSR count). The quantitative estimate of drug-likeness (QED) is 0.264. The minimum atomic E-state index is -0.253. The van der Waals surface area contributed by atoms with Gasteiger partial charge in [0, 0.05) is 17.3 Å². The minimum Gasteiger partial charge on any atom is -0.418 e. The van der Waals surface area contributed by atoms with E-state index in [1.165, 1.54) is 6.20 Å². The highest BCUT2D eigenvalue weighted by Gasteiger charge is 1.90. The largest absolute Gasteiger partial charge is 0.418 e. The van der Waals surface area contributed by atoms with Gasteiger partial charge in [0.2, 0.25) is 6.21 Å². The molecule has 0 spiro atoms. The Morgan fingerprint density at radius 1 is 1.70 bits per heavy atom. The van der Waals surface area contributed by atoms with Gasteiger partial charge < -0.3 is 5.21 Å². The fourth-order valence-electron chi connectivity index (χ4n) is 0.580. The molecular weight excluding hydrogens is 132 g/mol. The Morgan fingerprint density at radius 3 is 3.00 bits per heavy atom. The second-order valence-corrected chi connectivity index (χ2v) is 1.72. The van der Waals surface area contributed by atoms with Crippen molar-refractivity contribution < 1.29 is 10.1 Å². The molecule has 0 bridgehead atoms. The molecule has 0 aliphatic carbocycles. The molecule has 52 valence electrons. The molecule has 0 atom stereocenters. The first-order valence-corrected chi connectivity index (χ1v) is 2.69. The maximum Gasteiger partial charge on any atom is 0.241 e. The lowest BCUT2D eigenvalue weighted by molar-refractivity contribution is -0.722. The molecule has 1 aromatic heterocycles. The third-order valence-corrected chi connectivity index (χ3v) is 0.944. The monoisotopic (exact) mass is 138 g/mol. The Hall–Kier alpha value is -1.58. The van der Waals surface area contributed by atoms with Crippen LogP contribution >= 0.6 is 0 Å². The van der Waals surface area contributed by atoms with Gasteiger partial charge in [0.05, 0.1) is 5.56 Å². The van der Waals surface area contributed by atoms with Crippen LogP contribution in [0.4, 0.5) is 0 Å². The van der Waals surface area contributed by atoms with Crippen molar-refractivity contribution in [2.24, 2.45) is 0 Å². The van der Waals surface area contributed by atoms with Crippen LogP contribution in [0.25, 0.3) is 0 Å². The zero-order chi connectivity index (χ0) is 7.40. The summed E-state index contributed by atoms with van der Waals surface area (Å²) in [6.07, 6.45) is 4.08. The Balaban J connectivity index is 2.87. The molecular formula is C6H6N2O2. The molecule has 1 aromatic rings. The van der Waals surface area contributed by atoms with Gasteiger partial charge in [-0.05, 0) is 12.1 Å². The van der Waals surface area contributed by atoms with Gasteiger partial charge in [0.15, 0.2) is 0 Å². The zero-order valence-corrected chi connectivity index (χ0v) is 5.14. The van der Waals surface area contributed by atoms with Crippen LogP contribution < -0.4 is 0 Å². The van der Waals surface area contributed by atoms with Crippen LogP contribution in [0.3, 0.4) is 0 Å². The van der Waals surface area contributed by atoms with Crippen LogP contribution in [0.1, 0.15) is 5.56 Å². The second kappa shape index (κ2) is 2.82. The molecule has 1 heterocycles. The molecule has 4 heteroatoms. The van der Waals surface area contributed by atoms with Crippen molar-refractivity contribution in [3.05, 3.63) is 35.3 Å². The van der Waals surface area contributed by atoms with Gasteiger partial charge in [0.1, 0.15) is 0 Å². The molecule has 0 amide bonds. The molecule has 10 heavy (non-hydrogen) atoms. The van der Waals surface area contributed by atoms with Crippen LogP contribution in [-0.2, 0) is 0 Å². The lowest BCUT2D eigenvalue weighted by Crippen LogP contribution is -1.98. The summed E-state index contributed by atoms with van der Waals surface area (Å²) < 4.78 is 0. The van der Waals surface area contributed by atoms with Crippen molar-refractivity contribution in [1.29, 1.82) is 0 Å². The lowest BCUT2D eigenvalue weighted by Gasteiger charge is -1.86. The number of rotatable bonds is 1. The van der Waals surface area contributed by atoms with Gasteiger partial charge in [-0.15, -0.1) is 0 Å². The summed E-state index contributed by atoms with van der Waals surface area (Å²) >= 11 is 0. The number of hydrogen-bond donors (Lipinski definition) is 1. The highest BCUT2D eigenvalue weighted by Crippen LogP contribution is 1.88. The molecule has 0 unspecified atom stereocenters. The van der Waals surface area contributed by atoms with Crippen LogP contribution in [0.15, 0.2) is 24.5 Å². The normalized spacial score (nSPS) is 11.4. The van der Waals surface area contributed by atoms with Crippen molar-refractivity contribution in [3.63, 3.8) is 0 Å². The molecule has 4 nitrogen and oxygen atoms in total. The summed E-state index contributed by atoms with van der Waals surface area (Å²) in [5, 5.41) is 18.2. The topological polar surface area (TPSA) is 59.2 Å². The fourth-order valence-corrected chi connectivity index (χ4v) is 0.580. The number of aromatic nitrogens is 1. The van der Waals surface area contributed by atoms with Crippen LogP contribution in [0.5, 0.6) is 0 Å². The molecule has 0 saturated carbocycles. The van der Waals surface area contributed by atoms with E-state index in [1.807, 2.05) is 0 Å². The summed E-state index contributed by atoms with van der Waals surface area (Å²) in [6, 6.07) is 3.34. The lowest BCUT2D eigenvalue weighted by atomic mass is 10.3. The van der Waals surface area contributed by atoms with Gasteiger partial charge in [-0.3, -0.25) is 10.2 Å².